The van der Waals surface area contributed by atoms with Gasteiger partial charge < -0.3 is 15.2 Å². The number of nitrogens with one attached hydrogen (secondary N) is 2. The van der Waals surface area contributed by atoms with Crippen LogP contribution in [0.5, 0.6) is 0 Å². The molecule has 0 saturated heterocycles. The SMILES string of the molecule is Cc1nc([C@@H](Cc2c[nH]c3ccccc23)NC(=O)Cc2ccccc2F)cc(N(C)C)n1. The van der Waals surface area contributed by atoms with Crippen LogP contribution >= 0.6 is 0 Å². The molecule has 2 N–H and O–H groups in total. The normalized spacial score (nSPS) is 12.0. The highest BCUT2D eigenvalue weighted by atomic mass is 19.1. The summed E-state index contributed by atoms with van der Waals surface area (Å²) in [4.78, 5) is 27.2. The van der Waals surface area contributed by atoms with Crippen LogP contribution < -0.4 is 10.2 Å². The van der Waals surface area contributed by atoms with Gasteiger partial charge in [-0.1, -0.05) is 36.4 Å². The number of amides is 1. The topological polar surface area (TPSA) is 73.9 Å². The number of rotatable bonds is 7. The number of nitrogens with zero attached hydrogens (tertiary/aromatic N) is 3. The van der Waals surface area contributed by atoms with Crippen molar-refractivity contribution in [2.24, 2.45) is 0 Å². The minimum Gasteiger partial charge on any atom is -0.363 e. The lowest BCUT2D eigenvalue weighted by molar-refractivity contribution is -0.121. The molecule has 2 aromatic carbocycles. The van der Waals surface area contributed by atoms with Crippen LogP contribution in [-0.2, 0) is 17.6 Å². The molecule has 0 fully saturated rings. The summed E-state index contributed by atoms with van der Waals surface area (Å²) >= 11 is 0. The van der Waals surface area contributed by atoms with Gasteiger partial charge >= 0.3 is 0 Å². The number of anilines is 1. The van der Waals surface area contributed by atoms with Gasteiger partial charge in [-0.25, -0.2) is 14.4 Å². The Morgan fingerprint density at radius 3 is 2.62 bits per heavy atom. The molecule has 0 aliphatic carbocycles. The number of carbonyl (C=O) groups is 1. The van der Waals surface area contributed by atoms with Crippen molar-refractivity contribution in [3.63, 3.8) is 0 Å². The molecule has 7 heteroatoms. The zero-order valence-corrected chi connectivity index (χ0v) is 18.4. The summed E-state index contributed by atoms with van der Waals surface area (Å²) in [5, 5.41) is 4.17. The first-order valence-corrected chi connectivity index (χ1v) is 10.5. The molecular weight excluding hydrogens is 405 g/mol. The third-order valence-corrected chi connectivity index (χ3v) is 5.40. The summed E-state index contributed by atoms with van der Waals surface area (Å²) in [7, 11) is 3.83. The number of aromatic nitrogens is 3. The van der Waals surface area contributed by atoms with Gasteiger partial charge in [0.15, 0.2) is 0 Å². The summed E-state index contributed by atoms with van der Waals surface area (Å²) in [6.07, 6.45) is 2.46. The summed E-state index contributed by atoms with van der Waals surface area (Å²) in [5.74, 6) is 0.740. The number of fused-ring (bicyclic) bond motifs is 1. The van der Waals surface area contributed by atoms with E-state index in [9.17, 15) is 9.18 Å². The number of carbonyl (C=O) groups excluding carboxylic acids is 1. The monoisotopic (exact) mass is 431 g/mol. The molecule has 1 atom stereocenters. The predicted molar refractivity (Wildman–Crippen MR) is 124 cm³/mol. The lowest BCUT2D eigenvalue weighted by atomic mass is 10.0. The Bertz CT molecular complexity index is 1250. The highest BCUT2D eigenvalue weighted by Crippen LogP contribution is 2.25. The largest absolute Gasteiger partial charge is 0.363 e. The van der Waals surface area contributed by atoms with Crippen molar-refractivity contribution in [1.29, 1.82) is 0 Å². The van der Waals surface area contributed by atoms with Crippen molar-refractivity contribution in [2.45, 2.75) is 25.8 Å². The van der Waals surface area contributed by atoms with Crippen LogP contribution in [0.2, 0.25) is 0 Å². The minimum absolute atomic E-state index is 0.0400. The summed E-state index contributed by atoms with van der Waals surface area (Å²) in [6, 6.07) is 15.9. The molecule has 2 heterocycles. The number of hydrogen-bond donors (Lipinski definition) is 2. The fraction of sp³-hybridized carbons (Fsp3) is 0.240. The van der Waals surface area contributed by atoms with E-state index < -0.39 is 6.04 Å². The van der Waals surface area contributed by atoms with Crippen LogP contribution in [-0.4, -0.2) is 35.0 Å². The van der Waals surface area contributed by atoms with E-state index >= 15 is 0 Å². The van der Waals surface area contributed by atoms with Crippen LogP contribution in [0.1, 0.15) is 28.7 Å². The van der Waals surface area contributed by atoms with Gasteiger partial charge in [-0.3, -0.25) is 4.79 Å². The van der Waals surface area contributed by atoms with E-state index in [-0.39, 0.29) is 18.1 Å². The number of aryl methyl sites for hydroxylation is 1. The Hall–Kier alpha value is -3.74. The van der Waals surface area contributed by atoms with Crippen molar-refractivity contribution in [3.05, 3.63) is 89.3 Å². The molecule has 0 bridgehead atoms. The maximum Gasteiger partial charge on any atom is 0.225 e. The van der Waals surface area contributed by atoms with Gasteiger partial charge in [-0.05, 0) is 30.2 Å². The van der Waals surface area contributed by atoms with E-state index in [0.717, 1.165) is 22.3 Å². The van der Waals surface area contributed by atoms with Gasteiger partial charge in [0.2, 0.25) is 5.91 Å². The summed E-state index contributed by atoms with van der Waals surface area (Å²) in [5.41, 5.74) is 3.18. The molecule has 1 amide bonds. The molecule has 164 valence electrons. The maximum atomic E-state index is 14.1. The zero-order chi connectivity index (χ0) is 22.7. The van der Waals surface area contributed by atoms with Crippen molar-refractivity contribution >= 4 is 22.6 Å². The Kier molecular flexibility index (Phi) is 6.16. The van der Waals surface area contributed by atoms with Gasteiger partial charge in [-0.15, -0.1) is 0 Å². The van der Waals surface area contributed by atoms with Crippen molar-refractivity contribution in [1.82, 2.24) is 20.3 Å². The molecule has 4 rings (SSSR count). The number of halogens is 1. The molecule has 0 unspecified atom stereocenters. The molecule has 0 saturated carbocycles. The Morgan fingerprint density at radius 1 is 1.09 bits per heavy atom. The quantitative estimate of drug-likeness (QED) is 0.462. The van der Waals surface area contributed by atoms with Crippen LogP contribution in [0.15, 0.2) is 60.8 Å². The number of benzene rings is 2. The van der Waals surface area contributed by atoms with Crippen LogP contribution in [0, 0.1) is 12.7 Å². The Morgan fingerprint density at radius 2 is 1.84 bits per heavy atom. The maximum absolute atomic E-state index is 14.1. The first-order chi connectivity index (χ1) is 15.4. The van der Waals surface area contributed by atoms with Crippen LogP contribution in [0.4, 0.5) is 10.2 Å². The van der Waals surface area contributed by atoms with Crippen molar-refractivity contribution in [3.8, 4) is 0 Å². The number of para-hydroxylation sites is 1. The van der Waals surface area contributed by atoms with Crippen molar-refractivity contribution < 1.29 is 9.18 Å². The van der Waals surface area contributed by atoms with E-state index in [1.807, 2.05) is 56.4 Å². The van der Waals surface area contributed by atoms with Crippen LogP contribution in [0.25, 0.3) is 10.9 Å². The molecular formula is C25H26FN5O. The molecule has 6 nitrogen and oxygen atoms in total. The molecule has 2 aromatic heterocycles. The third-order valence-electron chi connectivity index (χ3n) is 5.40. The first-order valence-electron chi connectivity index (χ1n) is 10.5. The Balaban J connectivity index is 1.66. The number of H-pyrrole nitrogens is 1. The second-order valence-electron chi connectivity index (χ2n) is 8.04. The van der Waals surface area contributed by atoms with E-state index in [4.69, 9.17) is 0 Å². The average Bonchev–Trinajstić information content (AvgIpc) is 3.17. The van der Waals surface area contributed by atoms with Gasteiger partial charge in [0.05, 0.1) is 18.2 Å². The van der Waals surface area contributed by atoms with E-state index in [2.05, 4.69) is 26.3 Å². The van der Waals surface area contributed by atoms with E-state index in [1.54, 1.807) is 18.2 Å². The van der Waals surface area contributed by atoms with Gasteiger partial charge in [-0.2, -0.15) is 0 Å². The highest BCUT2D eigenvalue weighted by Gasteiger charge is 2.21. The molecule has 32 heavy (non-hydrogen) atoms. The molecule has 4 aromatic rings. The number of aromatic amines is 1. The summed E-state index contributed by atoms with van der Waals surface area (Å²) < 4.78 is 14.1. The van der Waals surface area contributed by atoms with Gasteiger partial charge in [0.1, 0.15) is 17.5 Å². The van der Waals surface area contributed by atoms with Crippen molar-refractivity contribution in [2.75, 3.05) is 19.0 Å². The number of hydrogen-bond acceptors (Lipinski definition) is 4. The minimum atomic E-state index is -0.395. The lowest BCUT2D eigenvalue weighted by Gasteiger charge is -2.21. The predicted octanol–water partition coefficient (Wildman–Crippen LogP) is 4.11. The third kappa shape index (κ3) is 4.77. The second kappa shape index (κ2) is 9.18. The lowest BCUT2D eigenvalue weighted by Crippen LogP contribution is -2.32. The molecule has 0 spiro atoms. The smallest absolute Gasteiger partial charge is 0.225 e. The summed E-state index contributed by atoms with van der Waals surface area (Å²) in [6.45, 7) is 1.83. The fourth-order valence-electron chi connectivity index (χ4n) is 3.79. The molecule has 0 aliphatic rings. The second-order valence-corrected chi connectivity index (χ2v) is 8.04. The fourth-order valence-corrected chi connectivity index (χ4v) is 3.79. The highest BCUT2D eigenvalue weighted by molar-refractivity contribution is 5.83. The van der Waals surface area contributed by atoms with Gasteiger partial charge in [0, 0.05) is 43.7 Å². The van der Waals surface area contributed by atoms with E-state index in [1.165, 1.54) is 6.07 Å². The molecule has 0 radical (unpaired) electrons. The first kappa shape index (κ1) is 21.5. The zero-order valence-electron chi connectivity index (χ0n) is 18.4. The Labute approximate surface area is 186 Å². The standard InChI is InChI=1S/C25H26FN5O/c1-16-28-23(14-24(29-16)31(2)3)22(12-18-15-27-21-11-7-5-9-19(18)21)30-25(32)13-17-8-4-6-10-20(17)26/h4-11,14-15,22,27H,12-13H2,1-3H3,(H,30,32)/t22-/m1/s1. The average molecular weight is 432 g/mol. The van der Waals surface area contributed by atoms with E-state index in [0.29, 0.717) is 23.5 Å². The molecule has 0 aliphatic heterocycles. The van der Waals surface area contributed by atoms with Crippen LogP contribution in [0.3, 0.4) is 0 Å². The van der Waals surface area contributed by atoms with Gasteiger partial charge in [0.25, 0.3) is 0 Å².